The third-order valence-corrected chi connectivity index (χ3v) is 3.86. The molecule has 2 aromatic heterocycles. The Balaban J connectivity index is 2.25. The molecule has 0 saturated carbocycles. The molecule has 2 heterocycles. The Kier molecular flexibility index (Phi) is 4.69. The van der Waals surface area contributed by atoms with Crippen LogP contribution < -0.4 is 5.32 Å². The molecule has 0 atom stereocenters. The zero-order valence-corrected chi connectivity index (χ0v) is 14.5. The van der Waals surface area contributed by atoms with Crippen LogP contribution in [0.1, 0.15) is 13.8 Å². The third-order valence-electron chi connectivity index (χ3n) is 3.25. The van der Waals surface area contributed by atoms with E-state index in [2.05, 4.69) is 20.4 Å². The summed E-state index contributed by atoms with van der Waals surface area (Å²) in [7, 11) is 0. The lowest BCUT2D eigenvalue weighted by molar-refractivity contribution is 0.631. The Morgan fingerprint density at radius 1 is 1.17 bits per heavy atom. The van der Waals surface area contributed by atoms with Crippen LogP contribution >= 0.6 is 23.2 Å². The maximum absolute atomic E-state index is 14.4. The molecule has 1 N–H and O–H groups in total. The first-order valence-electron chi connectivity index (χ1n) is 7.24. The summed E-state index contributed by atoms with van der Waals surface area (Å²) in [4.78, 5) is 8.41. The Hall–Kier alpha value is -2.18. The van der Waals surface area contributed by atoms with Crippen LogP contribution in [0.3, 0.4) is 0 Å². The van der Waals surface area contributed by atoms with E-state index in [1.165, 1.54) is 23.4 Å². The summed E-state index contributed by atoms with van der Waals surface area (Å²) in [5.74, 6) is 0.429. The van der Waals surface area contributed by atoms with Crippen LogP contribution in [0.4, 0.5) is 10.2 Å². The second kappa shape index (κ2) is 6.75. The van der Waals surface area contributed by atoms with Crippen molar-refractivity contribution < 1.29 is 4.39 Å². The van der Waals surface area contributed by atoms with E-state index in [4.69, 9.17) is 23.2 Å². The van der Waals surface area contributed by atoms with Crippen LogP contribution in [-0.2, 0) is 0 Å². The van der Waals surface area contributed by atoms with Crippen LogP contribution in [0.25, 0.3) is 16.9 Å². The van der Waals surface area contributed by atoms with E-state index in [0.717, 1.165) is 0 Å². The summed E-state index contributed by atoms with van der Waals surface area (Å²) in [6.45, 7) is 3.90. The second-order valence-corrected chi connectivity index (χ2v) is 6.24. The summed E-state index contributed by atoms with van der Waals surface area (Å²) in [6.07, 6.45) is 2.90. The van der Waals surface area contributed by atoms with E-state index in [9.17, 15) is 4.39 Å². The van der Waals surface area contributed by atoms with Crippen molar-refractivity contribution in [3.8, 4) is 16.9 Å². The Bertz CT molecular complexity index is 845. The van der Waals surface area contributed by atoms with Gasteiger partial charge in [-0.15, -0.1) is 0 Å². The standard InChI is InChI=1S/C16H14Cl2FN5/c1-9(2)22-16-15(14-10(17)4-3-5-12(14)19)11(18)6-13(23-16)24-8-20-7-21-24/h3-9H,1-2H3,(H,22,23). The number of aromatic nitrogens is 4. The van der Waals surface area contributed by atoms with Crippen LogP contribution in [0, 0.1) is 5.82 Å². The fourth-order valence-electron chi connectivity index (χ4n) is 2.30. The first-order chi connectivity index (χ1) is 11.5. The molecular weight excluding hydrogens is 352 g/mol. The van der Waals surface area contributed by atoms with Gasteiger partial charge >= 0.3 is 0 Å². The van der Waals surface area contributed by atoms with Crippen molar-refractivity contribution in [1.29, 1.82) is 0 Å². The van der Waals surface area contributed by atoms with Gasteiger partial charge in [0.2, 0.25) is 0 Å². The Morgan fingerprint density at radius 2 is 1.96 bits per heavy atom. The van der Waals surface area contributed by atoms with Crippen molar-refractivity contribution >= 4 is 29.0 Å². The number of hydrogen-bond acceptors (Lipinski definition) is 4. The zero-order valence-electron chi connectivity index (χ0n) is 13.0. The molecule has 0 amide bonds. The van der Waals surface area contributed by atoms with Gasteiger partial charge in [-0.1, -0.05) is 29.3 Å². The van der Waals surface area contributed by atoms with Crippen LogP contribution in [0.2, 0.25) is 10.0 Å². The van der Waals surface area contributed by atoms with Gasteiger partial charge < -0.3 is 5.32 Å². The van der Waals surface area contributed by atoms with E-state index in [1.54, 1.807) is 18.2 Å². The van der Waals surface area contributed by atoms with Crippen molar-refractivity contribution in [3.63, 3.8) is 0 Å². The van der Waals surface area contributed by atoms with Crippen molar-refractivity contribution in [2.75, 3.05) is 5.32 Å². The number of nitrogens with zero attached hydrogens (tertiary/aromatic N) is 4. The molecule has 0 spiro atoms. The van der Waals surface area contributed by atoms with Gasteiger partial charge in [-0.3, -0.25) is 0 Å². The predicted molar refractivity (Wildman–Crippen MR) is 93.3 cm³/mol. The summed E-state index contributed by atoms with van der Waals surface area (Å²) >= 11 is 12.6. The van der Waals surface area contributed by atoms with Gasteiger partial charge in [0.25, 0.3) is 0 Å². The number of nitrogens with one attached hydrogen (secondary N) is 1. The molecule has 0 unspecified atom stereocenters. The number of anilines is 1. The van der Waals surface area contributed by atoms with Gasteiger partial charge in [-0.25, -0.2) is 19.0 Å². The molecular formula is C16H14Cl2FN5. The average Bonchev–Trinajstić information content (AvgIpc) is 3.03. The number of halogens is 3. The molecule has 0 fully saturated rings. The maximum atomic E-state index is 14.4. The van der Waals surface area contributed by atoms with Crippen molar-refractivity contribution in [1.82, 2.24) is 19.7 Å². The highest BCUT2D eigenvalue weighted by atomic mass is 35.5. The largest absolute Gasteiger partial charge is 0.367 e. The smallest absolute Gasteiger partial charge is 0.159 e. The third kappa shape index (κ3) is 3.20. The number of hydrogen-bond donors (Lipinski definition) is 1. The van der Waals surface area contributed by atoms with Crippen molar-refractivity contribution in [3.05, 3.63) is 52.8 Å². The molecule has 0 aliphatic rings. The van der Waals surface area contributed by atoms with E-state index >= 15 is 0 Å². The predicted octanol–water partition coefficient (Wildman–Crippen LogP) is 4.60. The highest BCUT2D eigenvalue weighted by Crippen LogP contribution is 2.40. The maximum Gasteiger partial charge on any atom is 0.159 e. The minimum absolute atomic E-state index is 0.0591. The Labute approximate surface area is 148 Å². The molecule has 0 aliphatic heterocycles. The lowest BCUT2D eigenvalue weighted by Crippen LogP contribution is -2.14. The van der Waals surface area contributed by atoms with E-state index < -0.39 is 5.82 Å². The topological polar surface area (TPSA) is 55.6 Å². The van der Waals surface area contributed by atoms with Gasteiger partial charge in [0.05, 0.1) is 10.0 Å². The SMILES string of the molecule is CC(C)Nc1nc(-n2cncn2)cc(Cl)c1-c1c(F)cccc1Cl. The minimum atomic E-state index is -0.466. The van der Waals surface area contributed by atoms with E-state index in [0.29, 0.717) is 22.2 Å². The lowest BCUT2D eigenvalue weighted by atomic mass is 10.0. The van der Waals surface area contributed by atoms with Gasteiger partial charge in [0, 0.05) is 23.2 Å². The number of rotatable bonds is 4. The van der Waals surface area contributed by atoms with Crippen molar-refractivity contribution in [2.24, 2.45) is 0 Å². The molecule has 0 aliphatic carbocycles. The molecule has 24 heavy (non-hydrogen) atoms. The zero-order chi connectivity index (χ0) is 17.3. The highest BCUT2D eigenvalue weighted by molar-refractivity contribution is 6.37. The number of benzene rings is 1. The average molecular weight is 366 g/mol. The second-order valence-electron chi connectivity index (χ2n) is 5.42. The summed E-state index contributed by atoms with van der Waals surface area (Å²) in [6, 6.07) is 6.15. The molecule has 0 bridgehead atoms. The molecule has 3 aromatic rings. The van der Waals surface area contributed by atoms with Gasteiger partial charge in [-0.05, 0) is 26.0 Å². The molecule has 5 nitrogen and oxygen atoms in total. The normalized spacial score (nSPS) is 11.1. The number of pyridine rings is 1. The summed E-state index contributed by atoms with van der Waals surface area (Å²) in [5, 5.41) is 7.80. The Morgan fingerprint density at radius 3 is 2.58 bits per heavy atom. The monoisotopic (exact) mass is 365 g/mol. The fourth-order valence-corrected chi connectivity index (χ4v) is 2.84. The molecule has 3 rings (SSSR count). The van der Waals surface area contributed by atoms with E-state index in [-0.39, 0.29) is 16.6 Å². The van der Waals surface area contributed by atoms with Crippen LogP contribution in [0.5, 0.6) is 0 Å². The molecule has 1 aromatic carbocycles. The summed E-state index contributed by atoms with van der Waals surface area (Å²) in [5.41, 5.74) is 0.627. The fraction of sp³-hybridized carbons (Fsp3) is 0.188. The van der Waals surface area contributed by atoms with Crippen LogP contribution in [-0.4, -0.2) is 25.8 Å². The van der Waals surface area contributed by atoms with Crippen molar-refractivity contribution in [2.45, 2.75) is 19.9 Å². The quantitative estimate of drug-likeness (QED) is 0.734. The molecule has 8 heteroatoms. The molecule has 0 saturated heterocycles. The first kappa shape index (κ1) is 16.7. The molecule has 124 valence electrons. The van der Waals surface area contributed by atoms with Gasteiger partial charge in [0.1, 0.15) is 24.3 Å². The first-order valence-corrected chi connectivity index (χ1v) is 7.99. The van der Waals surface area contributed by atoms with Crippen LogP contribution in [0.15, 0.2) is 36.9 Å². The minimum Gasteiger partial charge on any atom is -0.367 e. The van der Waals surface area contributed by atoms with Gasteiger partial charge in [0.15, 0.2) is 5.82 Å². The van der Waals surface area contributed by atoms with E-state index in [1.807, 2.05) is 13.8 Å². The highest BCUT2D eigenvalue weighted by Gasteiger charge is 2.20. The molecule has 0 radical (unpaired) electrons. The summed E-state index contributed by atoms with van der Waals surface area (Å²) < 4.78 is 15.9. The lowest BCUT2D eigenvalue weighted by Gasteiger charge is -2.18. The van der Waals surface area contributed by atoms with Gasteiger partial charge in [-0.2, -0.15) is 5.10 Å².